The molecule has 0 saturated carbocycles. The molecule has 182 valence electrons. The van der Waals surface area contributed by atoms with E-state index in [1.165, 1.54) is 22.5 Å². The first-order valence-corrected chi connectivity index (χ1v) is 13.3. The summed E-state index contributed by atoms with van der Waals surface area (Å²) >= 11 is 1.45. The first kappa shape index (κ1) is 23.5. The highest BCUT2D eigenvalue weighted by Crippen LogP contribution is 2.37. The minimum atomic E-state index is -0.125. The molecule has 1 fully saturated rings. The van der Waals surface area contributed by atoms with Gasteiger partial charge in [0.2, 0.25) is 5.91 Å². The summed E-state index contributed by atoms with van der Waals surface area (Å²) in [7, 11) is 0. The second-order valence-electron chi connectivity index (χ2n) is 9.28. The van der Waals surface area contributed by atoms with Crippen LogP contribution in [0.3, 0.4) is 0 Å². The lowest BCUT2D eigenvalue weighted by molar-refractivity contribution is -0.132. The maximum atomic E-state index is 12.8. The lowest BCUT2D eigenvalue weighted by Gasteiger charge is -2.38. The Hall–Kier alpha value is -3.19. The Balaban J connectivity index is 1.36. The highest BCUT2D eigenvalue weighted by Gasteiger charge is 2.31. The summed E-state index contributed by atoms with van der Waals surface area (Å²) in [4.78, 5) is 33.8. The van der Waals surface area contributed by atoms with E-state index >= 15 is 0 Å². The number of rotatable bonds is 6. The maximum Gasteiger partial charge on any atom is 0.273 e. The zero-order chi connectivity index (χ0) is 24.4. The maximum absolute atomic E-state index is 12.8. The normalized spacial score (nSPS) is 17.4. The summed E-state index contributed by atoms with van der Waals surface area (Å²) in [6.45, 7) is 6.64. The number of carbonyl (C=O) groups is 2. The number of hydrogen-bond donors (Lipinski definition) is 0. The predicted molar refractivity (Wildman–Crippen MR) is 137 cm³/mol. The van der Waals surface area contributed by atoms with Gasteiger partial charge in [-0.05, 0) is 55.0 Å². The zero-order valence-corrected chi connectivity index (χ0v) is 21.1. The van der Waals surface area contributed by atoms with Gasteiger partial charge in [-0.3, -0.25) is 9.59 Å². The van der Waals surface area contributed by atoms with E-state index < -0.39 is 0 Å². The predicted octanol–water partition coefficient (Wildman–Crippen LogP) is 5.15. The molecule has 0 N–H and O–H groups in total. The molecule has 0 radical (unpaired) electrons. The number of fused-ring (bicyclic) bond motifs is 1. The van der Waals surface area contributed by atoms with Crippen molar-refractivity contribution in [2.45, 2.75) is 52.2 Å². The average Bonchev–Trinajstić information content (AvgIpc) is 3.59. The van der Waals surface area contributed by atoms with E-state index in [9.17, 15) is 9.59 Å². The van der Waals surface area contributed by atoms with E-state index in [0.29, 0.717) is 25.3 Å². The molecule has 1 aromatic heterocycles. The van der Waals surface area contributed by atoms with Crippen molar-refractivity contribution in [2.75, 3.05) is 19.6 Å². The number of hydrogen-bond acceptors (Lipinski definition) is 5. The minimum absolute atomic E-state index is 0.0143. The van der Waals surface area contributed by atoms with Crippen molar-refractivity contribution < 1.29 is 14.3 Å². The van der Waals surface area contributed by atoms with Crippen LogP contribution in [0.25, 0.3) is 0 Å². The number of aryl methyl sites for hydroxylation is 1. The second-order valence-corrected chi connectivity index (χ2v) is 10.2. The number of amides is 2. The SMILES string of the molecule is CCC(=O)N1CCc2ccc(OCc3nc(C(=O)N4CCCC4)cs3)cc2C1c1ccc(C)cc1. The molecule has 7 heteroatoms. The third-order valence-electron chi connectivity index (χ3n) is 6.89. The summed E-state index contributed by atoms with van der Waals surface area (Å²) < 4.78 is 6.12. The third-order valence-corrected chi connectivity index (χ3v) is 7.71. The molecule has 35 heavy (non-hydrogen) atoms. The molecule has 2 aliphatic heterocycles. The van der Waals surface area contributed by atoms with E-state index in [2.05, 4.69) is 48.3 Å². The van der Waals surface area contributed by atoms with Crippen LogP contribution in [-0.4, -0.2) is 46.2 Å². The van der Waals surface area contributed by atoms with Crippen molar-refractivity contribution in [3.63, 3.8) is 0 Å². The number of carbonyl (C=O) groups excluding carboxylic acids is 2. The van der Waals surface area contributed by atoms with Gasteiger partial charge in [-0.1, -0.05) is 42.8 Å². The molecule has 1 atom stereocenters. The van der Waals surface area contributed by atoms with Gasteiger partial charge in [-0.2, -0.15) is 0 Å². The number of nitrogens with zero attached hydrogens (tertiary/aromatic N) is 3. The van der Waals surface area contributed by atoms with Crippen LogP contribution >= 0.6 is 11.3 Å². The van der Waals surface area contributed by atoms with Gasteiger partial charge in [0, 0.05) is 31.4 Å². The van der Waals surface area contributed by atoms with Gasteiger partial charge in [0.05, 0.1) is 6.04 Å². The molecule has 3 aromatic rings. The monoisotopic (exact) mass is 489 g/mol. The van der Waals surface area contributed by atoms with Crippen molar-refractivity contribution in [1.82, 2.24) is 14.8 Å². The van der Waals surface area contributed by atoms with Crippen LogP contribution < -0.4 is 4.74 Å². The van der Waals surface area contributed by atoms with Gasteiger partial charge in [0.25, 0.3) is 5.91 Å². The van der Waals surface area contributed by atoms with Crippen LogP contribution in [-0.2, 0) is 17.8 Å². The third kappa shape index (κ3) is 4.96. The summed E-state index contributed by atoms with van der Waals surface area (Å²) in [5.74, 6) is 0.917. The molecule has 2 amide bonds. The molecule has 1 saturated heterocycles. The largest absolute Gasteiger partial charge is 0.486 e. The molecule has 5 rings (SSSR count). The van der Waals surface area contributed by atoms with Crippen LogP contribution in [0.4, 0.5) is 0 Å². The first-order chi connectivity index (χ1) is 17.0. The van der Waals surface area contributed by atoms with Crippen LogP contribution in [0, 0.1) is 6.92 Å². The molecule has 0 aliphatic carbocycles. The number of aromatic nitrogens is 1. The van der Waals surface area contributed by atoms with E-state index in [-0.39, 0.29) is 17.9 Å². The number of likely N-dealkylation sites (tertiary alicyclic amines) is 1. The fourth-order valence-electron chi connectivity index (χ4n) is 4.97. The summed E-state index contributed by atoms with van der Waals surface area (Å²) in [5, 5.41) is 2.61. The van der Waals surface area contributed by atoms with Crippen molar-refractivity contribution in [2.24, 2.45) is 0 Å². The van der Waals surface area contributed by atoms with Crippen LogP contribution in [0.15, 0.2) is 47.8 Å². The Labute approximate surface area is 210 Å². The highest BCUT2D eigenvalue weighted by molar-refractivity contribution is 7.09. The molecule has 2 aliphatic rings. The van der Waals surface area contributed by atoms with Crippen LogP contribution in [0.2, 0.25) is 0 Å². The standard InChI is InChI=1S/C28H31N3O3S/c1-3-26(32)31-15-12-20-10-11-22(16-23(20)27(31)21-8-6-19(2)7-9-21)34-17-25-29-24(18-35-25)28(33)30-13-4-5-14-30/h6-11,16,18,27H,3-5,12-15,17H2,1-2H3. The first-order valence-electron chi connectivity index (χ1n) is 12.4. The Morgan fingerprint density at radius 3 is 2.60 bits per heavy atom. The average molecular weight is 490 g/mol. The fourth-order valence-corrected chi connectivity index (χ4v) is 5.64. The number of thiazole rings is 1. The van der Waals surface area contributed by atoms with E-state index in [4.69, 9.17) is 4.74 Å². The Kier molecular flexibility index (Phi) is 6.86. The molecule has 0 spiro atoms. The molecular formula is C28H31N3O3S. The Morgan fingerprint density at radius 2 is 1.86 bits per heavy atom. The van der Waals surface area contributed by atoms with E-state index in [0.717, 1.165) is 54.2 Å². The summed E-state index contributed by atoms with van der Waals surface area (Å²) in [6, 6.07) is 14.5. The van der Waals surface area contributed by atoms with E-state index in [1.807, 2.05) is 28.2 Å². The van der Waals surface area contributed by atoms with Crippen LogP contribution in [0.5, 0.6) is 5.75 Å². The molecular weight excluding hydrogens is 458 g/mol. The smallest absolute Gasteiger partial charge is 0.273 e. The molecule has 2 aromatic carbocycles. The zero-order valence-electron chi connectivity index (χ0n) is 20.3. The lowest BCUT2D eigenvalue weighted by Crippen LogP contribution is -2.40. The van der Waals surface area contributed by atoms with Gasteiger partial charge >= 0.3 is 0 Å². The van der Waals surface area contributed by atoms with Gasteiger partial charge < -0.3 is 14.5 Å². The van der Waals surface area contributed by atoms with Crippen molar-refractivity contribution in [3.05, 3.63) is 80.8 Å². The minimum Gasteiger partial charge on any atom is -0.486 e. The second kappa shape index (κ2) is 10.2. The quantitative estimate of drug-likeness (QED) is 0.480. The molecule has 0 bridgehead atoms. The van der Waals surface area contributed by atoms with Crippen molar-refractivity contribution in [3.8, 4) is 5.75 Å². The number of benzene rings is 2. The lowest BCUT2D eigenvalue weighted by atomic mass is 9.87. The van der Waals surface area contributed by atoms with E-state index in [1.54, 1.807) is 0 Å². The number of ether oxygens (including phenoxy) is 1. The molecule has 6 nitrogen and oxygen atoms in total. The molecule has 3 heterocycles. The summed E-state index contributed by atoms with van der Waals surface area (Å²) in [6.07, 6.45) is 3.44. The van der Waals surface area contributed by atoms with Gasteiger partial charge in [-0.15, -0.1) is 11.3 Å². The van der Waals surface area contributed by atoms with Crippen molar-refractivity contribution in [1.29, 1.82) is 0 Å². The Bertz CT molecular complexity index is 1210. The van der Waals surface area contributed by atoms with Gasteiger partial charge in [0.1, 0.15) is 23.1 Å². The van der Waals surface area contributed by atoms with Gasteiger partial charge in [0.15, 0.2) is 0 Å². The fraction of sp³-hybridized carbons (Fsp3) is 0.393. The van der Waals surface area contributed by atoms with Crippen molar-refractivity contribution >= 4 is 23.2 Å². The Morgan fingerprint density at radius 1 is 1.09 bits per heavy atom. The molecule has 1 unspecified atom stereocenters. The van der Waals surface area contributed by atoms with Crippen LogP contribution in [0.1, 0.15) is 70.0 Å². The summed E-state index contributed by atoms with van der Waals surface area (Å²) in [5.41, 5.74) is 5.18. The highest BCUT2D eigenvalue weighted by atomic mass is 32.1. The topological polar surface area (TPSA) is 62.7 Å². The van der Waals surface area contributed by atoms with Gasteiger partial charge in [-0.25, -0.2) is 4.98 Å².